The maximum Gasteiger partial charge on any atom is 0.336 e. The van der Waals surface area contributed by atoms with Crippen LogP contribution in [0.15, 0.2) is 58.1 Å². The Kier molecular flexibility index (Phi) is 5.44. The summed E-state index contributed by atoms with van der Waals surface area (Å²) in [5, 5.41) is 0.403. The van der Waals surface area contributed by atoms with Crippen molar-refractivity contribution in [2.45, 2.75) is 32.2 Å². The number of aromatic nitrogens is 2. The van der Waals surface area contributed by atoms with Crippen molar-refractivity contribution in [1.82, 2.24) is 14.0 Å². The maximum absolute atomic E-state index is 13.6. The number of ether oxygens (including phenoxy) is 1. The van der Waals surface area contributed by atoms with Gasteiger partial charge in [0, 0.05) is 13.1 Å². The average molecular weight is 407 g/mol. The molecule has 30 heavy (non-hydrogen) atoms. The van der Waals surface area contributed by atoms with Crippen molar-refractivity contribution in [2.75, 3.05) is 20.2 Å². The molecule has 0 N–H and O–H groups in total. The highest BCUT2D eigenvalue weighted by Gasteiger charge is 2.29. The zero-order valence-electron chi connectivity index (χ0n) is 17.2. The highest BCUT2D eigenvalue weighted by atomic mass is 16.5. The average Bonchev–Trinajstić information content (AvgIpc) is 3.32. The highest BCUT2D eigenvalue weighted by Crippen LogP contribution is 2.22. The first-order valence-corrected chi connectivity index (χ1v) is 10.3. The lowest BCUT2D eigenvalue weighted by molar-refractivity contribution is -0.133. The van der Waals surface area contributed by atoms with Gasteiger partial charge in [0.2, 0.25) is 5.91 Å². The molecule has 0 saturated carbocycles. The van der Waals surface area contributed by atoms with E-state index >= 15 is 0 Å². The largest absolute Gasteiger partial charge is 0.497 e. The standard InChI is InChI=1S/C23H25N3O4/c1-3-19(22(28)24-14-6-7-15-24)26-20-9-5-4-8-18(20)21(27)25(23(26)29)16-10-12-17(30-2)13-11-16/h4-5,8-13,19H,3,6-7,14-15H2,1-2H3. The molecule has 0 radical (unpaired) electrons. The molecule has 0 spiro atoms. The van der Waals surface area contributed by atoms with Gasteiger partial charge in [0.15, 0.2) is 0 Å². The predicted octanol–water partition coefficient (Wildman–Crippen LogP) is 2.73. The van der Waals surface area contributed by atoms with E-state index in [2.05, 4.69) is 0 Å². The van der Waals surface area contributed by atoms with E-state index in [9.17, 15) is 14.4 Å². The highest BCUT2D eigenvalue weighted by molar-refractivity contribution is 5.85. The lowest BCUT2D eigenvalue weighted by Crippen LogP contribution is -2.45. The number of benzene rings is 2. The Morgan fingerprint density at radius 2 is 1.70 bits per heavy atom. The molecule has 0 bridgehead atoms. The van der Waals surface area contributed by atoms with E-state index in [1.165, 1.54) is 4.57 Å². The van der Waals surface area contributed by atoms with Crippen LogP contribution in [0.2, 0.25) is 0 Å². The molecule has 1 amide bonds. The Bertz CT molecular complexity index is 1190. The van der Waals surface area contributed by atoms with Gasteiger partial charge < -0.3 is 9.64 Å². The number of rotatable bonds is 5. The summed E-state index contributed by atoms with van der Waals surface area (Å²) in [4.78, 5) is 41.9. The molecule has 1 unspecified atom stereocenters. The first-order valence-electron chi connectivity index (χ1n) is 10.3. The molecule has 1 saturated heterocycles. The van der Waals surface area contributed by atoms with Gasteiger partial charge in [-0.1, -0.05) is 19.1 Å². The summed E-state index contributed by atoms with van der Waals surface area (Å²) in [7, 11) is 1.56. The van der Waals surface area contributed by atoms with Gasteiger partial charge in [-0.25, -0.2) is 9.36 Å². The Labute approximate surface area is 174 Å². The van der Waals surface area contributed by atoms with E-state index in [1.807, 2.05) is 11.8 Å². The van der Waals surface area contributed by atoms with E-state index < -0.39 is 17.3 Å². The first kappa shape index (κ1) is 19.9. The van der Waals surface area contributed by atoms with Crippen LogP contribution in [-0.2, 0) is 4.79 Å². The minimum atomic E-state index is -0.661. The van der Waals surface area contributed by atoms with Crippen LogP contribution in [0.1, 0.15) is 32.2 Å². The Morgan fingerprint density at radius 3 is 2.33 bits per heavy atom. The minimum Gasteiger partial charge on any atom is -0.497 e. The van der Waals surface area contributed by atoms with Crippen LogP contribution in [0, 0.1) is 0 Å². The van der Waals surface area contributed by atoms with E-state index in [0.29, 0.717) is 41.9 Å². The number of hydrogen-bond acceptors (Lipinski definition) is 4. The van der Waals surface area contributed by atoms with Gasteiger partial charge in [-0.05, 0) is 55.7 Å². The summed E-state index contributed by atoms with van der Waals surface area (Å²) in [6.07, 6.45) is 2.41. The van der Waals surface area contributed by atoms with Crippen molar-refractivity contribution in [3.05, 3.63) is 69.4 Å². The van der Waals surface area contributed by atoms with Crippen LogP contribution in [-0.4, -0.2) is 40.1 Å². The van der Waals surface area contributed by atoms with E-state index in [0.717, 1.165) is 17.4 Å². The van der Waals surface area contributed by atoms with Gasteiger partial charge >= 0.3 is 5.69 Å². The Balaban J connectivity index is 1.97. The summed E-state index contributed by atoms with van der Waals surface area (Å²) in [5.74, 6) is 0.561. The van der Waals surface area contributed by atoms with Crippen molar-refractivity contribution in [3.63, 3.8) is 0 Å². The molecule has 1 atom stereocenters. The third-order valence-corrected chi connectivity index (χ3v) is 5.73. The number of methoxy groups -OCH3 is 1. The molecular formula is C23H25N3O4. The topological polar surface area (TPSA) is 73.5 Å². The number of carbonyl (C=O) groups excluding carboxylic acids is 1. The molecule has 1 aliphatic heterocycles. The minimum absolute atomic E-state index is 0.0674. The zero-order chi connectivity index (χ0) is 21.3. The summed E-state index contributed by atoms with van der Waals surface area (Å²) in [6.45, 7) is 3.31. The number of hydrogen-bond donors (Lipinski definition) is 0. The van der Waals surface area contributed by atoms with Crippen molar-refractivity contribution in [1.29, 1.82) is 0 Å². The molecule has 7 heteroatoms. The quantitative estimate of drug-likeness (QED) is 0.652. The van der Waals surface area contributed by atoms with Crippen LogP contribution in [0.4, 0.5) is 0 Å². The second-order valence-electron chi connectivity index (χ2n) is 7.46. The fourth-order valence-corrected chi connectivity index (χ4v) is 4.16. The van der Waals surface area contributed by atoms with Crippen LogP contribution in [0.25, 0.3) is 16.6 Å². The van der Waals surface area contributed by atoms with Crippen LogP contribution in [0.3, 0.4) is 0 Å². The van der Waals surface area contributed by atoms with Crippen LogP contribution in [0.5, 0.6) is 5.75 Å². The second kappa shape index (κ2) is 8.18. The van der Waals surface area contributed by atoms with Gasteiger partial charge in [-0.15, -0.1) is 0 Å². The summed E-state index contributed by atoms with van der Waals surface area (Å²) in [6, 6.07) is 13.1. The monoisotopic (exact) mass is 407 g/mol. The molecule has 2 aromatic carbocycles. The molecule has 156 valence electrons. The zero-order valence-corrected chi connectivity index (χ0v) is 17.2. The molecule has 1 fully saturated rings. The van der Waals surface area contributed by atoms with Crippen LogP contribution < -0.4 is 16.0 Å². The Morgan fingerprint density at radius 1 is 1.03 bits per heavy atom. The van der Waals surface area contributed by atoms with Crippen molar-refractivity contribution < 1.29 is 9.53 Å². The smallest absolute Gasteiger partial charge is 0.336 e. The second-order valence-corrected chi connectivity index (χ2v) is 7.46. The number of para-hydroxylation sites is 1. The summed E-state index contributed by atoms with van der Waals surface area (Å²) in [5.41, 5.74) is 0.00851. The third kappa shape index (κ3) is 3.30. The Hall–Kier alpha value is -3.35. The van der Waals surface area contributed by atoms with Gasteiger partial charge in [-0.3, -0.25) is 14.2 Å². The molecular weight excluding hydrogens is 382 g/mol. The molecule has 2 heterocycles. The van der Waals surface area contributed by atoms with E-state index in [4.69, 9.17) is 4.74 Å². The van der Waals surface area contributed by atoms with Gasteiger partial charge in [0.05, 0.1) is 23.7 Å². The van der Waals surface area contributed by atoms with Crippen molar-refractivity contribution in [3.8, 4) is 11.4 Å². The predicted molar refractivity (Wildman–Crippen MR) is 115 cm³/mol. The number of nitrogens with zero attached hydrogens (tertiary/aromatic N) is 3. The molecule has 1 aromatic heterocycles. The van der Waals surface area contributed by atoms with Gasteiger partial charge in [-0.2, -0.15) is 0 Å². The number of likely N-dealkylation sites (tertiary alicyclic amines) is 1. The van der Waals surface area contributed by atoms with Gasteiger partial charge in [0.1, 0.15) is 11.8 Å². The van der Waals surface area contributed by atoms with Crippen molar-refractivity contribution in [2.24, 2.45) is 0 Å². The molecule has 0 aliphatic carbocycles. The number of carbonyl (C=O) groups is 1. The maximum atomic E-state index is 13.6. The fraction of sp³-hybridized carbons (Fsp3) is 0.348. The lowest BCUT2D eigenvalue weighted by atomic mass is 10.1. The van der Waals surface area contributed by atoms with E-state index in [1.54, 1.807) is 55.6 Å². The van der Waals surface area contributed by atoms with E-state index in [-0.39, 0.29) is 5.91 Å². The number of amides is 1. The normalized spacial score (nSPS) is 14.8. The van der Waals surface area contributed by atoms with Crippen LogP contribution >= 0.6 is 0 Å². The van der Waals surface area contributed by atoms with Crippen molar-refractivity contribution >= 4 is 16.8 Å². The SMILES string of the molecule is CCC(C(=O)N1CCCC1)n1c(=O)n(-c2ccc(OC)cc2)c(=O)c2ccccc21. The molecule has 3 aromatic rings. The fourth-order valence-electron chi connectivity index (χ4n) is 4.16. The molecule has 7 nitrogen and oxygen atoms in total. The molecule has 1 aliphatic rings. The molecule has 4 rings (SSSR count). The lowest BCUT2D eigenvalue weighted by Gasteiger charge is -2.25. The third-order valence-electron chi connectivity index (χ3n) is 5.73. The first-order chi connectivity index (χ1) is 14.6. The van der Waals surface area contributed by atoms with Gasteiger partial charge in [0.25, 0.3) is 5.56 Å². The number of fused-ring (bicyclic) bond motifs is 1. The summed E-state index contributed by atoms with van der Waals surface area (Å²) < 4.78 is 7.81. The summed E-state index contributed by atoms with van der Waals surface area (Å²) >= 11 is 0.